The van der Waals surface area contributed by atoms with E-state index in [0.717, 1.165) is 11.1 Å². The topological polar surface area (TPSA) is 84.9 Å². The summed E-state index contributed by atoms with van der Waals surface area (Å²) in [5.41, 5.74) is 1.78. The fraction of sp³-hybridized carbons (Fsp3) is 0.320. The SMILES string of the molecule is COC(=O)[C@@H](C(C)C)N1C(=O)[C@H](NC(=O)OCc2ccccc2)[C@@H]1C=Cc1ccccc1. The highest BCUT2D eigenvalue weighted by Crippen LogP contribution is 2.29. The van der Waals surface area contributed by atoms with Crippen LogP contribution in [0.15, 0.2) is 66.7 Å². The summed E-state index contributed by atoms with van der Waals surface area (Å²) in [6.45, 7) is 3.79. The van der Waals surface area contributed by atoms with Gasteiger partial charge in [-0.3, -0.25) is 4.79 Å². The lowest BCUT2D eigenvalue weighted by Gasteiger charge is -2.49. The number of rotatable bonds is 8. The molecular formula is C25H28N2O5. The Balaban J connectivity index is 1.75. The standard InChI is InChI=1S/C25H28N2O5/c1-17(2)22(24(29)31-3)27-20(15-14-18-10-6-4-7-11-18)21(23(27)28)26-25(30)32-16-19-12-8-5-9-13-19/h4-15,17,20-22H,16H2,1-3H3,(H,26,30)/t20-,21+,22+/m0/s1. The minimum absolute atomic E-state index is 0.0958. The molecule has 1 heterocycles. The van der Waals surface area contributed by atoms with Gasteiger partial charge in [0, 0.05) is 0 Å². The molecule has 0 spiro atoms. The van der Waals surface area contributed by atoms with Crippen LogP contribution in [0.2, 0.25) is 0 Å². The Kier molecular flexibility index (Phi) is 7.65. The van der Waals surface area contributed by atoms with Crippen LogP contribution in [0, 0.1) is 5.92 Å². The van der Waals surface area contributed by atoms with Crippen molar-refractivity contribution in [2.24, 2.45) is 5.92 Å². The number of nitrogens with one attached hydrogen (secondary N) is 1. The second-order valence-corrected chi connectivity index (χ2v) is 7.90. The van der Waals surface area contributed by atoms with Gasteiger partial charge in [-0.1, -0.05) is 86.7 Å². The van der Waals surface area contributed by atoms with Crippen LogP contribution in [-0.4, -0.2) is 48.1 Å². The van der Waals surface area contributed by atoms with E-state index in [2.05, 4.69) is 5.32 Å². The van der Waals surface area contributed by atoms with Gasteiger partial charge in [-0.15, -0.1) is 0 Å². The Bertz CT molecular complexity index is 959. The van der Waals surface area contributed by atoms with Gasteiger partial charge in [-0.05, 0) is 17.0 Å². The first-order chi connectivity index (χ1) is 15.4. The van der Waals surface area contributed by atoms with E-state index < -0.39 is 30.2 Å². The van der Waals surface area contributed by atoms with Gasteiger partial charge in [0.05, 0.1) is 13.2 Å². The van der Waals surface area contributed by atoms with Crippen molar-refractivity contribution in [2.45, 2.75) is 38.6 Å². The molecule has 3 atom stereocenters. The number of amides is 2. The molecule has 1 aliphatic rings. The normalized spacial score (nSPS) is 18.9. The van der Waals surface area contributed by atoms with E-state index in [0.29, 0.717) is 0 Å². The summed E-state index contributed by atoms with van der Waals surface area (Å²) in [6, 6.07) is 16.8. The first kappa shape index (κ1) is 23.1. The predicted molar refractivity (Wildman–Crippen MR) is 120 cm³/mol. The number of likely N-dealkylation sites (tertiary alicyclic amines) is 1. The van der Waals surface area contributed by atoms with Crippen LogP contribution in [0.5, 0.6) is 0 Å². The zero-order valence-corrected chi connectivity index (χ0v) is 18.4. The third-order valence-corrected chi connectivity index (χ3v) is 5.33. The van der Waals surface area contributed by atoms with Crippen LogP contribution in [0.4, 0.5) is 4.79 Å². The van der Waals surface area contributed by atoms with E-state index in [9.17, 15) is 14.4 Å². The number of hydrogen-bond acceptors (Lipinski definition) is 5. The van der Waals surface area contributed by atoms with Gasteiger partial charge < -0.3 is 19.7 Å². The summed E-state index contributed by atoms with van der Waals surface area (Å²) in [7, 11) is 1.30. The van der Waals surface area contributed by atoms with E-state index in [4.69, 9.17) is 9.47 Å². The summed E-state index contributed by atoms with van der Waals surface area (Å²) >= 11 is 0. The molecule has 168 valence electrons. The number of carbonyl (C=O) groups is 3. The molecule has 0 radical (unpaired) electrons. The van der Waals surface area contributed by atoms with Gasteiger partial charge in [0.15, 0.2) is 0 Å². The van der Waals surface area contributed by atoms with Crippen LogP contribution >= 0.6 is 0 Å². The number of ether oxygens (including phenoxy) is 2. The maximum absolute atomic E-state index is 13.0. The number of hydrogen-bond donors (Lipinski definition) is 1. The molecule has 2 amide bonds. The summed E-state index contributed by atoms with van der Waals surface area (Å²) in [5.74, 6) is -1.00. The van der Waals surface area contributed by atoms with Gasteiger partial charge in [0.25, 0.3) is 0 Å². The molecule has 0 unspecified atom stereocenters. The van der Waals surface area contributed by atoms with E-state index in [1.54, 1.807) is 0 Å². The van der Waals surface area contributed by atoms with Crippen LogP contribution in [0.1, 0.15) is 25.0 Å². The molecule has 2 aromatic rings. The van der Waals surface area contributed by atoms with E-state index >= 15 is 0 Å². The number of esters is 1. The molecule has 0 bridgehead atoms. The summed E-state index contributed by atoms with van der Waals surface area (Å²) in [6.07, 6.45) is 2.99. The molecule has 1 saturated heterocycles. The highest BCUT2D eigenvalue weighted by molar-refractivity contribution is 5.96. The number of nitrogens with zero attached hydrogens (tertiary/aromatic N) is 1. The van der Waals surface area contributed by atoms with Gasteiger partial charge in [0.1, 0.15) is 18.7 Å². The molecular weight excluding hydrogens is 408 g/mol. The summed E-state index contributed by atoms with van der Waals surface area (Å²) < 4.78 is 10.2. The number of carbonyl (C=O) groups excluding carboxylic acids is 3. The smallest absolute Gasteiger partial charge is 0.408 e. The molecule has 1 N–H and O–H groups in total. The van der Waals surface area contributed by atoms with Crippen LogP contribution < -0.4 is 5.32 Å². The molecule has 2 aromatic carbocycles. The molecule has 1 aliphatic heterocycles. The zero-order valence-electron chi connectivity index (χ0n) is 18.4. The first-order valence-corrected chi connectivity index (χ1v) is 10.5. The van der Waals surface area contributed by atoms with Crippen LogP contribution in [-0.2, 0) is 25.7 Å². The Morgan fingerprint density at radius 2 is 1.69 bits per heavy atom. The molecule has 0 saturated carbocycles. The second kappa shape index (κ2) is 10.6. The monoisotopic (exact) mass is 436 g/mol. The summed E-state index contributed by atoms with van der Waals surface area (Å²) in [4.78, 5) is 39.2. The van der Waals surface area contributed by atoms with Crippen molar-refractivity contribution in [3.8, 4) is 0 Å². The molecule has 32 heavy (non-hydrogen) atoms. The maximum atomic E-state index is 13.0. The average molecular weight is 437 g/mol. The van der Waals surface area contributed by atoms with Crippen molar-refractivity contribution >= 4 is 24.0 Å². The number of β-lactam (4-membered cyclic amide) rings is 1. The van der Waals surface area contributed by atoms with Gasteiger partial charge in [-0.2, -0.15) is 0 Å². The third kappa shape index (κ3) is 5.35. The van der Waals surface area contributed by atoms with Crippen molar-refractivity contribution in [1.29, 1.82) is 0 Å². The van der Waals surface area contributed by atoms with Crippen molar-refractivity contribution < 1.29 is 23.9 Å². The largest absolute Gasteiger partial charge is 0.467 e. The van der Waals surface area contributed by atoms with Crippen molar-refractivity contribution in [2.75, 3.05) is 7.11 Å². The summed E-state index contributed by atoms with van der Waals surface area (Å²) in [5, 5.41) is 2.65. The molecule has 3 rings (SSSR count). The second-order valence-electron chi connectivity index (χ2n) is 7.90. The lowest BCUT2D eigenvalue weighted by Crippen LogP contribution is -2.74. The van der Waals surface area contributed by atoms with E-state index in [1.807, 2.05) is 86.7 Å². The zero-order chi connectivity index (χ0) is 23.1. The molecule has 0 aromatic heterocycles. The van der Waals surface area contributed by atoms with Gasteiger partial charge in [0.2, 0.25) is 5.91 Å². The number of benzene rings is 2. The van der Waals surface area contributed by atoms with Crippen molar-refractivity contribution in [3.63, 3.8) is 0 Å². The van der Waals surface area contributed by atoms with E-state index in [1.165, 1.54) is 12.0 Å². The highest BCUT2D eigenvalue weighted by Gasteiger charge is 2.52. The first-order valence-electron chi connectivity index (χ1n) is 10.5. The maximum Gasteiger partial charge on any atom is 0.408 e. The number of methoxy groups -OCH3 is 1. The van der Waals surface area contributed by atoms with Gasteiger partial charge >= 0.3 is 12.1 Å². The fourth-order valence-electron chi connectivity index (χ4n) is 3.70. The quantitative estimate of drug-likeness (QED) is 0.506. The van der Waals surface area contributed by atoms with Crippen molar-refractivity contribution in [1.82, 2.24) is 10.2 Å². The van der Waals surface area contributed by atoms with Crippen molar-refractivity contribution in [3.05, 3.63) is 77.9 Å². The Hall–Kier alpha value is -3.61. The number of alkyl carbamates (subject to hydrolysis) is 1. The Morgan fingerprint density at radius 3 is 2.28 bits per heavy atom. The molecule has 7 nitrogen and oxygen atoms in total. The average Bonchev–Trinajstić information content (AvgIpc) is 2.81. The highest BCUT2D eigenvalue weighted by atomic mass is 16.5. The third-order valence-electron chi connectivity index (χ3n) is 5.33. The minimum Gasteiger partial charge on any atom is -0.467 e. The Morgan fingerprint density at radius 1 is 1.06 bits per heavy atom. The lowest BCUT2D eigenvalue weighted by molar-refractivity contribution is -0.167. The van der Waals surface area contributed by atoms with Gasteiger partial charge in [-0.25, -0.2) is 9.59 Å². The molecule has 0 aliphatic carbocycles. The molecule has 1 fully saturated rings. The predicted octanol–water partition coefficient (Wildman–Crippen LogP) is 3.40. The van der Waals surface area contributed by atoms with Crippen LogP contribution in [0.3, 0.4) is 0 Å². The fourth-order valence-corrected chi connectivity index (χ4v) is 3.70. The lowest BCUT2D eigenvalue weighted by atomic mass is 9.88. The minimum atomic E-state index is -0.829. The van der Waals surface area contributed by atoms with Crippen LogP contribution in [0.25, 0.3) is 6.08 Å². The molecule has 7 heteroatoms. The Labute approximate surface area is 188 Å². The van der Waals surface area contributed by atoms with E-state index in [-0.39, 0.29) is 18.4 Å².